The Morgan fingerprint density at radius 1 is 1.14 bits per heavy atom. The van der Waals surface area contributed by atoms with E-state index in [1.807, 2.05) is 0 Å². The highest BCUT2D eigenvalue weighted by Crippen LogP contribution is 2.21. The summed E-state index contributed by atoms with van der Waals surface area (Å²) < 4.78 is 33.4. The van der Waals surface area contributed by atoms with Crippen LogP contribution in [0.25, 0.3) is 0 Å². The van der Waals surface area contributed by atoms with Gasteiger partial charge in [0.05, 0.1) is 10.6 Å². The van der Waals surface area contributed by atoms with E-state index in [1.54, 1.807) is 48.5 Å². The number of halogens is 1. The Bertz CT molecular complexity index is 702. The number of nitrogens with two attached hydrogens (primary N) is 1. The summed E-state index contributed by atoms with van der Waals surface area (Å²) in [6, 6.07) is 13.4. The first-order chi connectivity index (χ1) is 10.0. The second-order valence-corrected chi connectivity index (χ2v) is 7.15. The van der Waals surface area contributed by atoms with Crippen LogP contribution >= 0.6 is 22.6 Å². The molecule has 2 rings (SSSR count). The van der Waals surface area contributed by atoms with Gasteiger partial charge in [-0.1, -0.05) is 6.07 Å². The Kier molecular flexibility index (Phi) is 5.43. The Balaban J connectivity index is 2.18. The molecule has 3 N–H and O–H groups in total. The van der Waals surface area contributed by atoms with Crippen LogP contribution in [0.4, 0.5) is 5.69 Å². The quantitative estimate of drug-likeness (QED) is 0.707. The maximum atomic E-state index is 12.3. The highest BCUT2D eigenvalue weighted by molar-refractivity contribution is 14.1. The molecule has 0 fully saturated rings. The van der Waals surface area contributed by atoms with E-state index < -0.39 is 10.0 Å². The van der Waals surface area contributed by atoms with Crippen molar-refractivity contribution in [1.29, 1.82) is 0 Å². The maximum Gasteiger partial charge on any atom is 0.261 e. The fraction of sp³-hybridized carbons (Fsp3) is 0.143. The lowest BCUT2D eigenvalue weighted by Gasteiger charge is -2.10. The van der Waals surface area contributed by atoms with E-state index in [2.05, 4.69) is 27.3 Å². The number of hydrogen-bond acceptors (Lipinski definition) is 4. The van der Waals surface area contributed by atoms with E-state index in [-0.39, 0.29) is 4.90 Å². The summed E-state index contributed by atoms with van der Waals surface area (Å²) in [5.74, 6) is 0.572. The van der Waals surface area contributed by atoms with Crippen molar-refractivity contribution < 1.29 is 13.2 Å². The van der Waals surface area contributed by atoms with Crippen molar-refractivity contribution in [1.82, 2.24) is 0 Å². The fourth-order valence-electron chi connectivity index (χ4n) is 1.65. The molecule has 0 radical (unpaired) electrons. The van der Waals surface area contributed by atoms with E-state index >= 15 is 0 Å². The van der Waals surface area contributed by atoms with Crippen molar-refractivity contribution >= 4 is 38.3 Å². The number of nitrogens with one attached hydrogen (secondary N) is 1. The van der Waals surface area contributed by atoms with Gasteiger partial charge in [-0.15, -0.1) is 0 Å². The van der Waals surface area contributed by atoms with E-state index in [0.717, 1.165) is 3.57 Å². The van der Waals surface area contributed by atoms with E-state index in [4.69, 9.17) is 10.5 Å². The van der Waals surface area contributed by atoms with Gasteiger partial charge in [0.25, 0.3) is 10.0 Å². The summed E-state index contributed by atoms with van der Waals surface area (Å²) in [4.78, 5) is 0.219. The minimum atomic E-state index is -3.60. The third kappa shape index (κ3) is 4.58. The summed E-state index contributed by atoms with van der Waals surface area (Å²) in [5.41, 5.74) is 5.81. The van der Waals surface area contributed by atoms with Crippen LogP contribution in [0.15, 0.2) is 53.4 Å². The molecule has 5 nitrogen and oxygen atoms in total. The predicted molar refractivity (Wildman–Crippen MR) is 91.0 cm³/mol. The molecule has 0 heterocycles. The fourth-order valence-corrected chi connectivity index (χ4v) is 3.06. The molecule has 21 heavy (non-hydrogen) atoms. The zero-order valence-electron chi connectivity index (χ0n) is 11.1. The molecule has 0 unspecified atom stereocenters. The lowest BCUT2D eigenvalue weighted by molar-refractivity contribution is 0.328. The van der Waals surface area contributed by atoms with Crippen molar-refractivity contribution in [3.63, 3.8) is 0 Å². The molecule has 0 aromatic heterocycles. The first-order valence-electron chi connectivity index (χ1n) is 6.22. The molecule has 2 aromatic carbocycles. The molecule has 0 aliphatic rings. The van der Waals surface area contributed by atoms with Gasteiger partial charge in [-0.2, -0.15) is 0 Å². The normalized spacial score (nSPS) is 11.1. The molecule has 0 amide bonds. The number of anilines is 1. The molecule has 0 aliphatic heterocycles. The standard InChI is InChI=1S/C14H15IN2O3S/c15-11-4-6-14(7-5-11)21(18,19)17-12-2-1-3-13(10-12)20-9-8-16/h1-7,10,17H,8-9,16H2. The molecule has 112 valence electrons. The van der Waals surface area contributed by atoms with Crippen molar-refractivity contribution in [2.45, 2.75) is 4.90 Å². The molecule has 0 aliphatic carbocycles. The van der Waals surface area contributed by atoms with Gasteiger partial charge < -0.3 is 10.5 Å². The van der Waals surface area contributed by atoms with E-state index in [1.165, 1.54) is 0 Å². The monoisotopic (exact) mass is 418 g/mol. The van der Waals surface area contributed by atoms with Crippen LogP contribution < -0.4 is 15.2 Å². The van der Waals surface area contributed by atoms with Crippen LogP contribution in [0.1, 0.15) is 0 Å². The Labute approximate surface area is 137 Å². The van der Waals surface area contributed by atoms with Crippen molar-refractivity contribution in [3.05, 3.63) is 52.1 Å². The summed E-state index contributed by atoms with van der Waals surface area (Å²) in [5, 5.41) is 0. The van der Waals surface area contributed by atoms with Gasteiger partial charge in [-0.05, 0) is 59.0 Å². The van der Waals surface area contributed by atoms with Crippen molar-refractivity contribution in [2.75, 3.05) is 17.9 Å². The molecular weight excluding hydrogens is 403 g/mol. The summed E-state index contributed by atoms with van der Waals surface area (Å²) in [6.07, 6.45) is 0. The molecule has 2 aromatic rings. The van der Waals surface area contributed by atoms with Crippen LogP contribution in [0, 0.1) is 3.57 Å². The number of hydrogen-bond donors (Lipinski definition) is 2. The summed E-state index contributed by atoms with van der Waals surface area (Å²) in [6.45, 7) is 0.784. The molecule has 0 spiro atoms. The van der Waals surface area contributed by atoms with Gasteiger partial charge in [0.15, 0.2) is 0 Å². The van der Waals surface area contributed by atoms with Gasteiger partial charge in [-0.3, -0.25) is 4.72 Å². The number of ether oxygens (including phenoxy) is 1. The molecule has 0 bridgehead atoms. The minimum Gasteiger partial charge on any atom is -0.492 e. The molecule has 7 heteroatoms. The molecule has 0 saturated heterocycles. The summed E-state index contributed by atoms with van der Waals surface area (Å²) >= 11 is 2.12. The molecular formula is C14H15IN2O3S. The second kappa shape index (κ2) is 7.10. The second-order valence-electron chi connectivity index (χ2n) is 4.22. The zero-order valence-corrected chi connectivity index (χ0v) is 14.1. The predicted octanol–water partition coefficient (Wildman–Crippen LogP) is 2.43. The smallest absolute Gasteiger partial charge is 0.261 e. The van der Waals surface area contributed by atoms with Crippen LogP contribution in [-0.4, -0.2) is 21.6 Å². The SMILES string of the molecule is NCCOc1cccc(NS(=O)(=O)c2ccc(I)cc2)c1. The number of sulfonamides is 1. The van der Waals surface area contributed by atoms with E-state index in [9.17, 15) is 8.42 Å². The van der Waals surface area contributed by atoms with E-state index in [0.29, 0.717) is 24.6 Å². The lowest BCUT2D eigenvalue weighted by atomic mass is 10.3. The highest BCUT2D eigenvalue weighted by Gasteiger charge is 2.14. The Morgan fingerprint density at radius 3 is 2.52 bits per heavy atom. The third-order valence-corrected chi connectivity index (χ3v) is 4.71. The minimum absolute atomic E-state index is 0.219. The van der Waals surface area contributed by atoms with Gasteiger partial charge in [0, 0.05) is 16.2 Å². The van der Waals surface area contributed by atoms with Gasteiger partial charge in [0.2, 0.25) is 0 Å². The molecule has 0 atom stereocenters. The average molecular weight is 418 g/mol. The van der Waals surface area contributed by atoms with Gasteiger partial charge in [-0.25, -0.2) is 8.42 Å². The number of rotatable bonds is 6. The van der Waals surface area contributed by atoms with Crippen LogP contribution in [-0.2, 0) is 10.0 Å². The van der Waals surface area contributed by atoms with Gasteiger partial charge in [0.1, 0.15) is 12.4 Å². The maximum absolute atomic E-state index is 12.3. The van der Waals surface area contributed by atoms with Gasteiger partial charge >= 0.3 is 0 Å². The summed E-state index contributed by atoms with van der Waals surface area (Å²) in [7, 11) is -3.60. The molecule has 0 saturated carbocycles. The number of benzene rings is 2. The largest absolute Gasteiger partial charge is 0.492 e. The zero-order chi connectivity index (χ0) is 15.3. The Morgan fingerprint density at radius 2 is 1.86 bits per heavy atom. The van der Waals surface area contributed by atoms with Crippen LogP contribution in [0.2, 0.25) is 0 Å². The first-order valence-corrected chi connectivity index (χ1v) is 8.79. The van der Waals surface area contributed by atoms with Crippen LogP contribution in [0.3, 0.4) is 0 Å². The average Bonchev–Trinajstić information content (AvgIpc) is 2.45. The first kappa shape index (κ1) is 16.1. The Hall–Kier alpha value is -1.32. The van der Waals surface area contributed by atoms with Crippen molar-refractivity contribution in [3.8, 4) is 5.75 Å². The third-order valence-electron chi connectivity index (χ3n) is 2.60. The highest BCUT2D eigenvalue weighted by atomic mass is 127. The topological polar surface area (TPSA) is 81.4 Å². The lowest BCUT2D eigenvalue weighted by Crippen LogP contribution is -2.13. The van der Waals surface area contributed by atoms with Crippen molar-refractivity contribution in [2.24, 2.45) is 5.73 Å². The van der Waals surface area contributed by atoms with Crippen LogP contribution in [0.5, 0.6) is 5.75 Å².